The van der Waals surface area contributed by atoms with Gasteiger partial charge in [-0.2, -0.15) is 0 Å². The van der Waals surface area contributed by atoms with Crippen LogP contribution >= 0.6 is 0 Å². The van der Waals surface area contributed by atoms with Gasteiger partial charge in [0.2, 0.25) is 11.8 Å². The Hall–Kier alpha value is -1.12. The van der Waals surface area contributed by atoms with Crippen LogP contribution in [-0.4, -0.2) is 22.8 Å². The SMILES string of the molecule is CC(C)N1C(=O)[C@@H]2[C@@H](C1=O)[C@H]1C=C[C@@H]2C1. The molecular formula is C12H15NO2. The molecule has 1 saturated carbocycles. The van der Waals surface area contributed by atoms with Crippen LogP contribution in [0.15, 0.2) is 12.2 Å². The van der Waals surface area contributed by atoms with Crippen molar-refractivity contribution in [1.82, 2.24) is 4.90 Å². The molecule has 1 heterocycles. The standard InChI is InChI=1S/C12H15NO2/c1-6(2)13-11(14)9-7-3-4-8(5-7)10(9)12(13)15/h3-4,6-10H,5H2,1-2H3/t7-,8+,9-,10-/m0/s1. The predicted octanol–water partition coefficient (Wildman–Crippen LogP) is 1.20. The summed E-state index contributed by atoms with van der Waals surface area (Å²) >= 11 is 0. The van der Waals surface area contributed by atoms with Crippen LogP contribution in [0.5, 0.6) is 0 Å². The number of carbonyl (C=O) groups is 2. The highest BCUT2D eigenvalue weighted by atomic mass is 16.2. The summed E-state index contributed by atoms with van der Waals surface area (Å²) in [4.78, 5) is 25.7. The molecule has 2 aliphatic carbocycles. The Bertz CT molecular complexity index is 342. The first kappa shape index (κ1) is 9.13. The van der Waals surface area contributed by atoms with Gasteiger partial charge in [0.1, 0.15) is 0 Å². The summed E-state index contributed by atoms with van der Waals surface area (Å²) in [5, 5.41) is 0. The number of imide groups is 1. The zero-order valence-electron chi connectivity index (χ0n) is 9.01. The molecule has 3 rings (SSSR count). The average Bonchev–Trinajstić information content (AvgIpc) is 2.79. The van der Waals surface area contributed by atoms with Gasteiger partial charge in [-0.15, -0.1) is 0 Å². The first-order valence-corrected chi connectivity index (χ1v) is 5.66. The van der Waals surface area contributed by atoms with Crippen LogP contribution in [0.1, 0.15) is 20.3 Å². The molecule has 0 N–H and O–H groups in total. The van der Waals surface area contributed by atoms with Gasteiger partial charge in [-0.25, -0.2) is 0 Å². The molecular weight excluding hydrogens is 190 g/mol. The minimum atomic E-state index is -0.0325. The number of hydrogen-bond donors (Lipinski definition) is 0. The fourth-order valence-electron chi connectivity index (χ4n) is 3.43. The summed E-state index contributed by atoms with van der Waals surface area (Å²) in [6, 6.07) is 0.00926. The van der Waals surface area contributed by atoms with Gasteiger partial charge in [-0.3, -0.25) is 14.5 Å². The van der Waals surface area contributed by atoms with Crippen molar-refractivity contribution in [3.63, 3.8) is 0 Å². The van der Waals surface area contributed by atoms with E-state index in [0.29, 0.717) is 11.8 Å². The first-order valence-electron chi connectivity index (χ1n) is 5.66. The highest BCUT2D eigenvalue weighted by Gasteiger charge is 2.59. The highest BCUT2D eigenvalue weighted by molar-refractivity contribution is 6.06. The second-order valence-electron chi connectivity index (χ2n) is 5.14. The van der Waals surface area contributed by atoms with Crippen molar-refractivity contribution >= 4 is 11.8 Å². The quantitative estimate of drug-likeness (QED) is 0.476. The molecule has 1 aliphatic heterocycles. The van der Waals surface area contributed by atoms with Crippen molar-refractivity contribution < 1.29 is 9.59 Å². The molecule has 1 saturated heterocycles. The number of likely N-dealkylation sites (tertiary alicyclic amines) is 1. The van der Waals surface area contributed by atoms with Crippen molar-refractivity contribution in [2.24, 2.45) is 23.7 Å². The van der Waals surface area contributed by atoms with Crippen LogP contribution in [-0.2, 0) is 9.59 Å². The van der Waals surface area contributed by atoms with Crippen molar-refractivity contribution in [3.05, 3.63) is 12.2 Å². The summed E-state index contributed by atoms with van der Waals surface area (Å²) in [6.07, 6.45) is 5.26. The van der Waals surface area contributed by atoms with Crippen LogP contribution in [0.25, 0.3) is 0 Å². The number of rotatable bonds is 1. The van der Waals surface area contributed by atoms with Crippen molar-refractivity contribution in [2.75, 3.05) is 0 Å². The summed E-state index contributed by atoms with van der Waals surface area (Å²) in [5.74, 6) is 0.735. The molecule has 80 valence electrons. The summed E-state index contributed by atoms with van der Waals surface area (Å²) < 4.78 is 0. The lowest BCUT2D eigenvalue weighted by molar-refractivity contribution is -0.142. The topological polar surface area (TPSA) is 37.4 Å². The summed E-state index contributed by atoms with van der Waals surface area (Å²) in [6.45, 7) is 3.82. The van der Waals surface area contributed by atoms with Gasteiger partial charge in [0.15, 0.2) is 0 Å². The third kappa shape index (κ3) is 0.959. The predicted molar refractivity (Wildman–Crippen MR) is 54.7 cm³/mol. The van der Waals surface area contributed by atoms with E-state index in [1.807, 2.05) is 13.8 Å². The van der Waals surface area contributed by atoms with Crippen LogP contribution in [0.2, 0.25) is 0 Å². The molecule has 0 aromatic carbocycles. The number of nitrogens with zero attached hydrogens (tertiary/aromatic N) is 1. The van der Waals surface area contributed by atoms with E-state index in [1.54, 1.807) is 0 Å². The van der Waals surface area contributed by atoms with E-state index in [2.05, 4.69) is 12.2 Å². The molecule has 2 fully saturated rings. The lowest BCUT2D eigenvalue weighted by Gasteiger charge is -2.20. The van der Waals surface area contributed by atoms with E-state index < -0.39 is 0 Å². The zero-order chi connectivity index (χ0) is 10.7. The molecule has 0 aromatic rings. The molecule has 2 amide bonds. The summed E-state index contributed by atoms with van der Waals surface area (Å²) in [5.41, 5.74) is 0. The molecule has 0 spiro atoms. The van der Waals surface area contributed by atoms with E-state index in [1.165, 1.54) is 4.90 Å². The lowest BCUT2D eigenvalue weighted by Crippen LogP contribution is -2.38. The number of fused-ring (bicyclic) bond motifs is 5. The van der Waals surface area contributed by atoms with Crippen molar-refractivity contribution in [1.29, 1.82) is 0 Å². The first-order chi connectivity index (χ1) is 7.11. The normalized spacial score (nSPS) is 42.2. The van der Waals surface area contributed by atoms with Gasteiger partial charge in [-0.05, 0) is 32.1 Å². The highest BCUT2D eigenvalue weighted by Crippen LogP contribution is 2.52. The minimum absolute atomic E-state index is 0.00926. The van der Waals surface area contributed by atoms with E-state index in [0.717, 1.165) is 6.42 Å². The largest absolute Gasteiger partial charge is 0.280 e. The summed E-state index contributed by atoms with van der Waals surface area (Å²) in [7, 11) is 0. The molecule has 3 heteroatoms. The van der Waals surface area contributed by atoms with E-state index >= 15 is 0 Å². The van der Waals surface area contributed by atoms with Gasteiger partial charge in [0.05, 0.1) is 11.8 Å². The number of amides is 2. The van der Waals surface area contributed by atoms with E-state index in [4.69, 9.17) is 0 Å². The Morgan fingerprint density at radius 2 is 1.60 bits per heavy atom. The fourth-order valence-corrected chi connectivity index (χ4v) is 3.43. The molecule has 2 bridgehead atoms. The minimum Gasteiger partial charge on any atom is -0.280 e. The van der Waals surface area contributed by atoms with Gasteiger partial charge in [-0.1, -0.05) is 12.2 Å². The van der Waals surface area contributed by atoms with Crippen LogP contribution in [0.4, 0.5) is 0 Å². The number of hydrogen-bond acceptors (Lipinski definition) is 2. The molecule has 3 nitrogen and oxygen atoms in total. The Kier molecular flexibility index (Phi) is 1.65. The number of allylic oxidation sites excluding steroid dienone is 2. The second-order valence-corrected chi connectivity index (χ2v) is 5.14. The molecule has 3 aliphatic rings. The number of carbonyl (C=O) groups excluding carboxylic acids is 2. The van der Waals surface area contributed by atoms with Crippen molar-refractivity contribution in [2.45, 2.75) is 26.3 Å². The van der Waals surface area contributed by atoms with E-state index in [-0.39, 0.29) is 29.7 Å². The molecule has 15 heavy (non-hydrogen) atoms. The Morgan fingerprint density at radius 3 is 2.00 bits per heavy atom. The second kappa shape index (κ2) is 2.71. The molecule has 0 aromatic heterocycles. The van der Waals surface area contributed by atoms with Crippen molar-refractivity contribution in [3.8, 4) is 0 Å². The van der Waals surface area contributed by atoms with Crippen LogP contribution in [0, 0.1) is 23.7 Å². The Balaban J connectivity index is 2.00. The smallest absolute Gasteiger partial charge is 0.233 e. The third-order valence-corrected chi connectivity index (χ3v) is 4.02. The van der Waals surface area contributed by atoms with E-state index in [9.17, 15) is 9.59 Å². The molecule has 0 radical (unpaired) electrons. The fraction of sp³-hybridized carbons (Fsp3) is 0.667. The van der Waals surface area contributed by atoms with Gasteiger partial charge in [0, 0.05) is 6.04 Å². The maximum Gasteiger partial charge on any atom is 0.233 e. The van der Waals surface area contributed by atoms with Crippen LogP contribution in [0.3, 0.4) is 0 Å². The average molecular weight is 205 g/mol. The molecule has 4 atom stereocenters. The maximum atomic E-state index is 12.1. The monoisotopic (exact) mass is 205 g/mol. The molecule has 0 unspecified atom stereocenters. The lowest BCUT2D eigenvalue weighted by atomic mass is 9.85. The zero-order valence-corrected chi connectivity index (χ0v) is 9.01. The van der Waals surface area contributed by atoms with Crippen LogP contribution < -0.4 is 0 Å². The Morgan fingerprint density at radius 1 is 1.13 bits per heavy atom. The third-order valence-electron chi connectivity index (χ3n) is 4.02. The van der Waals surface area contributed by atoms with Gasteiger partial charge >= 0.3 is 0 Å². The maximum absolute atomic E-state index is 12.1. The Labute approximate surface area is 89.1 Å². The van der Waals surface area contributed by atoms with Gasteiger partial charge < -0.3 is 0 Å². The van der Waals surface area contributed by atoms with Gasteiger partial charge in [0.25, 0.3) is 0 Å².